The first-order valence-electron chi connectivity index (χ1n) is 10.6. The molecule has 2 N–H and O–H groups in total. The molecule has 4 rings (SSSR count). The number of alkyl halides is 2. The molecule has 3 aromatic heterocycles. The Morgan fingerprint density at radius 3 is 2.62 bits per heavy atom. The van der Waals surface area contributed by atoms with Crippen molar-refractivity contribution in [3.63, 3.8) is 0 Å². The fraction of sp³-hybridized carbons (Fsp3) is 0.208. The van der Waals surface area contributed by atoms with Crippen molar-refractivity contribution in [2.24, 2.45) is 0 Å². The molecule has 1 aromatic carbocycles. The lowest BCUT2D eigenvalue weighted by atomic mass is 10.0. The molecule has 174 valence electrons. The van der Waals surface area contributed by atoms with Gasteiger partial charge in [-0.3, -0.25) is 20.6 Å². The molecule has 0 aliphatic heterocycles. The van der Waals surface area contributed by atoms with Crippen LogP contribution < -0.4 is 5.49 Å². The van der Waals surface area contributed by atoms with Crippen molar-refractivity contribution in [3.8, 4) is 10.6 Å². The maximum Gasteiger partial charge on any atom is 0.331 e. The van der Waals surface area contributed by atoms with E-state index in [1.54, 1.807) is 35.4 Å². The van der Waals surface area contributed by atoms with Gasteiger partial charge in [0.05, 0.1) is 15.3 Å². The van der Waals surface area contributed by atoms with Crippen LogP contribution in [0.4, 0.5) is 8.78 Å². The number of hydrogen-bond acceptors (Lipinski definition) is 6. The molecule has 10 heteroatoms. The largest absolute Gasteiger partial charge is 0.339 e. The number of carbonyl (C=O) groups excluding carboxylic acids is 1. The van der Waals surface area contributed by atoms with E-state index in [1.165, 1.54) is 41.7 Å². The fourth-order valence-electron chi connectivity index (χ4n) is 3.52. The van der Waals surface area contributed by atoms with Gasteiger partial charge in [0.25, 0.3) is 5.91 Å². The highest BCUT2D eigenvalue weighted by atomic mass is 32.1. The van der Waals surface area contributed by atoms with Crippen molar-refractivity contribution in [2.75, 3.05) is 13.1 Å². The maximum atomic E-state index is 15.3. The molecule has 0 bridgehead atoms. The molecule has 1 amide bonds. The number of aromatic nitrogens is 3. The minimum atomic E-state index is -3.70. The molecule has 0 saturated carbocycles. The number of fused-ring (bicyclic) bond motifs is 1. The number of carbonyl (C=O) groups is 1. The second kappa shape index (κ2) is 9.22. The van der Waals surface area contributed by atoms with E-state index in [-0.39, 0.29) is 17.0 Å². The van der Waals surface area contributed by atoms with Gasteiger partial charge in [0, 0.05) is 30.2 Å². The van der Waals surface area contributed by atoms with Crippen molar-refractivity contribution >= 4 is 34.0 Å². The molecule has 7 nitrogen and oxygen atoms in total. The van der Waals surface area contributed by atoms with E-state index < -0.39 is 11.8 Å². The number of amides is 1. The summed E-state index contributed by atoms with van der Waals surface area (Å²) in [5.74, 6) is -4.95. The SMILES string of the molecule is CCN(CC)C(=O)c1ccc(-c2ccc(=N)n(C(=N)C(F)(F)c3ccc4ncccc4c3)n2)s1. The standard InChI is InChI=1S/C24H22F2N6OS/c1-3-31(4-2)22(33)20-11-10-19(34-20)18-9-12-21(27)32(30-18)23(28)24(25,26)16-7-8-17-15(14-16)6-5-13-29-17/h5-14,27-28H,3-4H2,1-2H3. The third kappa shape index (κ3) is 4.24. The molecule has 4 aromatic rings. The molecule has 3 heterocycles. The number of hydrogen-bond donors (Lipinski definition) is 2. The minimum absolute atomic E-state index is 0.115. The average molecular weight is 481 g/mol. The Balaban J connectivity index is 1.68. The topological polar surface area (TPSA) is 98.7 Å². The highest BCUT2D eigenvalue weighted by Gasteiger charge is 2.39. The Labute approximate surface area is 198 Å². The predicted molar refractivity (Wildman–Crippen MR) is 127 cm³/mol. The second-order valence-electron chi connectivity index (χ2n) is 7.49. The van der Waals surface area contributed by atoms with Gasteiger partial charge in [0.15, 0.2) is 5.84 Å². The van der Waals surface area contributed by atoms with E-state index in [0.717, 1.165) is 0 Å². The summed E-state index contributed by atoms with van der Waals surface area (Å²) in [4.78, 5) is 19.5. The van der Waals surface area contributed by atoms with Gasteiger partial charge in [0.1, 0.15) is 11.2 Å². The minimum Gasteiger partial charge on any atom is -0.339 e. The quantitative estimate of drug-likeness (QED) is 0.308. The lowest BCUT2D eigenvalue weighted by Crippen LogP contribution is -2.39. The van der Waals surface area contributed by atoms with Crippen molar-refractivity contribution in [3.05, 3.63) is 76.7 Å². The summed E-state index contributed by atoms with van der Waals surface area (Å²) >= 11 is 1.19. The van der Waals surface area contributed by atoms with E-state index in [0.29, 0.717) is 44.1 Å². The van der Waals surface area contributed by atoms with Crippen LogP contribution in [0.25, 0.3) is 21.5 Å². The summed E-state index contributed by atoms with van der Waals surface area (Å²) in [6.45, 7) is 4.94. The van der Waals surface area contributed by atoms with Crippen LogP contribution in [0.3, 0.4) is 0 Å². The van der Waals surface area contributed by atoms with Gasteiger partial charge < -0.3 is 4.90 Å². The van der Waals surface area contributed by atoms with Gasteiger partial charge in [-0.25, -0.2) is 0 Å². The normalized spacial score (nSPS) is 11.5. The van der Waals surface area contributed by atoms with Gasteiger partial charge in [-0.15, -0.1) is 11.3 Å². The zero-order valence-corrected chi connectivity index (χ0v) is 19.4. The molecule has 0 atom stereocenters. The Bertz CT molecular complexity index is 1440. The van der Waals surface area contributed by atoms with E-state index in [2.05, 4.69) is 10.1 Å². The molecule has 0 spiro atoms. The number of nitrogens with one attached hydrogen (secondary N) is 2. The molecule has 0 aliphatic rings. The molecular formula is C24H22F2N6OS. The zero-order valence-electron chi connectivity index (χ0n) is 18.5. The van der Waals surface area contributed by atoms with E-state index in [1.807, 2.05) is 13.8 Å². The van der Waals surface area contributed by atoms with Crippen LogP contribution in [0.2, 0.25) is 0 Å². The van der Waals surface area contributed by atoms with Crippen LogP contribution in [0.1, 0.15) is 29.1 Å². The number of halogens is 2. The zero-order chi connectivity index (χ0) is 24.5. The summed E-state index contributed by atoms with van der Waals surface area (Å²) in [5.41, 5.74) is 0.116. The van der Waals surface area contributed by atoms with Crippen molar-refractivity contribution < 1.29 is 13.6 Å². The summed E-state index contributed by atoms with van der Waals surface area (Å²) in [6, 6.07) is 13.5. The Hall–Kier alpha value is -3.79. The van der Waals surface area contributed by atoms with Gasteiger partial charge >= 0.3 is 5.92 Å². The first kappa shape index (κ1) is 23.4. The summed E-state index contributed by atoms with van der Waals surface area (Å²) in [7, 11) is 0. The number of pyridine rings is 1. The molecule has 0 saturated heterocycles. The van der Waals surface area contributed by atoms with Gasteiger partial charge in [-0.2, -0.15) is 18.6 Å². The van der Waals surface area contributed by atoms with Crippen LogP contribution in [0.5, 0.6) is 0 Å². The lowest BCUT2D eigenvalue weighted by molar-refractivity contribution is 0.0697. The molecular weight excluding hydrogens is 458 g/mol. The van der Waals surface area contributed by atoms with Crippen molar-refractivity contribution in [1.29, 1.82) is 10.8 Å². The van der Waals surface area contributed by atoms with Gasteiger partial charge in [-0.1, -0.05) is 12.1 Å². The number of nitrogens with zero attached hydrogens (tertiary/aromatic N) is 4. The monoisotopic (exact) mass is 480 g/mol. The van der Waals surface area contributed by atoms with Crippen LogP contribution >= 0.6 is 11.3 Å². The van der Waals surface area contributed by atoms with Crippen LogP contribution in [0, 0.1) is 10.8 Å². The first-order chi connectivity index (χ1) is 16.3. The fourth-order valence-corrected chi connectivity index (χ4v) is 4.46. The maximum absolute atomic E-state index is 15.3. The molecule has 0 fully saturated rings. The van der Waals surface area contributed by atoms with E-state index in [4.69, 9.17) is 10.8 Å². The molecule has 34 heavy (non-hydrogen) atoms. The van der Waals surface area contributed by atoms with Crippen molar-refractivity contribution in [1.82, 2.24) is 19.7 Å². The Morgan fingerprint density at radius 1 is 1.12 bits per heavy atom. The van der Waals surface area contributed by atoms with Crippen molar-refractivity contribution in [2.45, 2.75) is 19.8 Å². The number of thiophene rings is 1. The van der Waals surface area contributed by atoms with E-state index in [9.17, 15) is 4.79 Å². The Kier molecular flexibility index (Phi) is 6.34. The number of rotatable bonds is 6. The van der Waals surface area contributed by atoms with Crippen LogP contribution in [-0.2, 0) is 5.92 Å². The number of benzene rings is 1. The third-order valence-corrected chi connectivity index (χ3v) is 6.53. The summed E-state index contributed by atoms with van der Waals surface area (Å²) < 4.78 is 31.3. The van der Waals surface area contributed by atoms with E-state index >= 15 is 8.78 Å². The average Bonchev–Trinajstić information content (AvgIpc) is 3.34. The third-order valence-electron chi connectivity index (χ3n) is 5.43. The lowest BCUT2D eigenvalue weighted by Gasteiger charge is -2.19. The molecule has 0 radical (unpaired) electrons. The summed E-state index contributed by atoms with van der Waals surface area (Å²) in [6.07, 6.45) is 1.57. The summed E-state index contributed by atoms with van der Waals surface area (Å²) in [5, 5.41) is 21.0. The highest BCUT2D eigenvalue weighted by molar-refractivity contribution is 7.17. The predicted octanol–water partition coefficient (Wildman–Crippen LogP) is 4.74. The van der Waals surface area contributed by atoms with Gasteiger partial charge in [0.2, 0.25) is 0 Å². The van der Waals surface area contributed by atoms with Crippen LogP contribution in [-0.4, -0.2) is 44.5 Å². The Morgan fingerprint density at radius 2 is 1.88 bits per heavy atom. The highest BCUT2D eigenvalue weighted by Crippen LogP contribution is 2.32. The van der Waals surface area contributed by atoms with Crippen LogP contribution in [0.15, 0.2) is 60.8 Å². The molecule has 0 unspecified atom stereocenters. The second-order valence-corrected chi connectivity index (χ2v) is 8.57. The first-order valence-corrected chi connectivity index (χ1v) is 11.4. The van der Waals surface area contributed by atoms with Gasteiger partial charge in [-0.05, 0) is 56.3 Å². The smallest absolute Gasteiger partial charge is 0.331 e. The molecule has 0 aliphatic carbocycles.